The van der Waals surface area contributed by atoms with Crippen molar-refractivity contribution in [2.45, 2.75) is 58.7 Å². The smallest absolute Gasteiger partial charge is 0.253 e. The van der Waals surface area contributed by atoms with E-state index in [1.54, 1.807) is 0 Å². The van der Waals surface area contributed by atoms with Gasteiger partial charge in [-0.15, -0.1) is 0 Å². The van der Waals surface area contributed by atoms with E-state index in [1.165, 1.54) is 0 Å². The lowest BCUT2D eigenvalue weighted by Crippen LogP contribution is -2.29. The van der Waals surface area contributed by atoms with Crippen molar-refractivity contribution in [2.75, 3.05) is 23.8 Å². The Morgan fingerprint density at radius 2 is 1.32 bits per heavy atom. The van der Waals surface area contributed by atoms with Crippen LogP contribution < -0.4 is 10.6 Å². The Morgan fingerprint density at radius 1 is 0.880 bits per heavy atom. The van der Waals surface area contributed by atoms with Crippen molar-refractivity contribution in [3.05, 3.63) is 22.8 Å². The second kappa shape index (κ2) is 7.54. The van der Waals surface area contributed by atoms with Crippen LogP contribution in [0.1, 0.15) is 42.4 Å². The third-order valence-electron chi connectivity index (χ3n) is 4.91. The summed E-state index contributed by atoms with van der Waals surface area (Å²) in [6.45, 7) is 7.09. The van der Waals surface area contributed by atoms with Crippen LogP contribution in [0, 0.1) is 20.8 Å². The monoisotopic (exact) mass is 346 g/mol. The number of carbonyl (C=O) groups is 2. The Labute approximate surface area is 148 Å². The third kappa shape index (κ3) is 3.85. The number of hydrogen-bond acceptors (Lipinski definition) is 4. The van der Waals surface area contributed by atoms with Crippen LogP contribution in [-0.2, 0) is 19.1 Å². The number of benzene rings is 1. The van der Waals surface area contributed by atoms with Gasteiger partial charge in [-0.3, -0.25) is 9.59 Å². The molecule has 2 atom stereocenters. The van der Waals surface area contributed by atoms with Gasteiger partial charge in [0.2, 0.25) is 0 Å². The standard InChI is InChI=1S/C19H26N2O4/c1-11-10-12(2)17(21-19(23)15-7-5-9-25-15)13(3)16(11)20-18(22)14-6-4-8-24-14/h10,14-15H,4-9H2,1-3H3,(H,20,22)(H,21,23). The lowest BCUT2D eigenvalue weighted by Gasteiger charge is -2.20. The quantitative estimate of drug-likeness (QED) is 0.879. The highest BCUT2D eigenvalue weighted by atomic mass is 16.5. The van der Waals surface area contributed by atoms with E-state index in [4.69, 9.17) is 9.47 Å². The number of nitrogens with one attached hydrogen (secondary N) is 2. The molecular weight excluding hydrogens is 320 g/mol. The molecule has 0 saturated carbocycles. The maximum atomic E-state index is 12.4. The van der Waals surface area contributed by atoms with E-state index in [0.29, 0.717) is 13.2 Å². The molecule has 2 fully saturated rings. The van der Waals surface area contributed by atoms with Crippen molar-refractivity contribution in [3.63, 3.8) is 0 Å². The van der Waals surface area contributed by atoms with E-state index in [1.807, 2.05) is 26.8 Å². The van der Waals surface area contributed by atoms with Gasteiger partial charge in [-0.25, -0.2) is 0 Å². The zero-order valence-electron chi connectivity index (χ0n) is 15.1. The lowest BCUT2D eigenvalue weighted by atomic mass is 10.0. The Bertz CT molecular complexity index is 620. The fraction of sp³-hybridized carbons (Fsp3) is 0.579. The maximum Gasteiger partial charge on any atom is 0.253 e. The van der Waals surface area contributed by atoms with E-state index < -0.39 is 0 Å². The van der Waals surface area contributed by atoms with Gasteiger partial charge < -0.3 is 20.1 Å². The summed E-state index contributed by atoms with van der Waals surface area (Å²) < 4.78 is 10.9. The number of anilines is 2. The topological polar surface area (TPSA) is 76.7 Å². The van der Waals surface area contributed by atoms with Crippen molar-refractivity contribution < 1.29 is 19.1 Å². The molecule has 2 aliphatic rings. The number of aryl methyl sites for hydroxylation is 2. The van der Waals surface area contributed by atoms with Crippen LogP contribution in [0.15, 0.2) is 6.07 Å². The van der Waals surface area contributed by atoms with Crippen LogP contribution in [0.4, 0.5) is 11.4 Å². The molecule has 0 spiro atoms. The Balaban J connectivity index is 1.81. The third-order valence-corrected chi connectivity index (χ3v) is 4.91. The van der Waals surface area contributed by atoms with E-state index in [0.717, 1.165) is 53.7 Å². The zero-order chi connectivity index (χ0) is 18.0. The van der Waals surface area contributed by atoms with E-state index in [-0.39, 0.29) is 24.0 Å². The summed E-state index contributed by atoms with van der Waals surface area (Å²) in [5, 5.41) is 5.97. The summed E-state index contributed by atoms with van der Waals surface area (Å²) >= 11 is 0. The van der Waals surface area contributed by atoms with Crippen LogP contribution in [0.5, 0.6) is 0 Å². The van der Waals surface area contributed by atoms with Crippen molar-refractivity contribution in [1.29, 1.82) is 0 Å². The van der Waals surface area contributed by atoms with Gasteiger partial charge in [-0.1, -0.05) is 6.07 Å². The van der Waals surface area contributed by atoms with E-state index in [9.17, 15) is 9.59 Å². The number of amides is 2. The highest BCUT2D eigenvalue weighted by Crippen LogP contribution is 2.32. The minimum absolute atomic E-state index is 0.121. The molecule has 2 amide bonds. The normalized spacial score (nSPS) is 22.8. The molecule has 6 nitrogen and oxygen atoms in total. The number of ether oxygens (including phenoxy) is 2. The minimum Gasteiger partial charge on any atom is -0.368 e. The predicted octanol–water partition coefficient (Wildman–Crippen LogP) is 2.85. The van der Waals surface area contributed by atoms with Crippen molar-refractivity contribution in [2.24, 2.45) is 0 Å². The summed E-state index contributed by atoms with van der Waals surface area (Å²) in [6, 6.07) is 1.98. The fourth-order valence-corrected chi connectivity index (χ4v) is 3.55. The predicted molar refractivity (Wildman–Crippen MR) is 95.9 cm³/mol. The van der Waals surface area contributed by atoms with Gasteiger partial charge in [0, 0.05) is 24.6 Å². The van der Waals surface area contributed by atoms with Crippen LogP contribution >= 0.6 is 0 Å². The fourth-order valence-electron chi connectivity index (χ4n) is 3.55. The van der Waals surface area contributed by atoms with Gasteiger partial charge in [0.1, 0.15) is 12.2 Å². The Morgan fingerprint density at radius 3 is 1.68 bits per heavy atom. The number of rotatable bonds is 4. The summed E-state index contributed by atoms with van der Waals surface area (Å²) in [5.41, 5.74) is 4.28. The molecule has 1 aromatic rings. The average Bonchev–Trinajstić information content (AvgIpc) is 3.28. The molecule has 0 radical (unpaired) electrons. The Kier molecular flexibility index (Phi) is 5.39. The lowest BCUT2D eigenvalue weighted by molar-refractivity contribution is -0.125. The highest BCUT2D eigenvalue weighted by Gasteiger charge is 2.27. The van der Waals surface area contributed by atoms with Gasteiger partial charge >= 0.3 is 0 Å². The molecule has 2 aliphatic heterocycles. The molecule has 0 aromatic heterocycles. The summed E-state index contributed by atoms with van der Waals surface area (Å²) in [5.74, 6) is -0.243. The van der Waals surface area contributed by atoms with Gasteiger partial charge in [-0.2, -0.15) is 0 Å². The second-order valence-corrected chi connectivity index (χ2v) is 6.87. The van der Waals surface area contributed by atoms with Crippen molar-refractivity contribution in [3.8, 4) is 0 Å². The molecule has 3 rings (SSSR count). The SMILES string of the molecule is Cc1cc(C)c(NC(=O)C2CCCO2)c(C)c1NC(=O)C1CCCO1. The van der Waals surface area contributed by atoms with E-state index in [2.05, 4.69) is 10.6 Å². The average molecular weight is 346 g/mol. The van der Waals surface area contributed by atoms with Gasteiger partial charge in [-0.05, 0) is 63.1 Å². The molecule has 6 heteroatoms. The van der Waals surface area contributed by atoms with Gasteiger partial charge in [0.25, 0.3) is 11.8 Å². The maximum absolute atomic E-state index is 12.4. The first kappa shape index (κ1) is 17.9. The molecule has 1 aromatic carbocycles. The van der Waals surface area contributed by atoms with Crippen molar-refractivity contribution in [1.82, 2.24) is 0 Å². The van der Waals surface area contributed by atoms with Crippen LogP contribution in [0.25, 0.3) is 0 Å². The number of carbonyl (C=O) groups excluding carboxylic acids is 2. The van der Waals surface area contributed by atoms with Crippen LogP contribution in [-0.4, -0.2) is 37.2 Å². The molecule has 2 unspecified atom stereocenters. The van der Waals surface area contributed by atoms with Gasteiger partial charge in [0.05, 0.1) is 0 Å². The Hall–Kier alpha value is -1.92. The van der Waals surface area contributed by atoms with Crippen molar-refractivity contribution >= 4 is 23.2 Å². The first-order chi connectivity index (χ1) is 12.0. The summed E-state index contributed by atoms with van der Waals surface area (Å²) in [7, 11) is 0. The molecule has 2 heterocycles. The molecule has 2 saturated heterocycles. The molecular formula is C19H26N2O4. The van der Waals surface area contributed by atoms with Gasteiger partial charge in [0.15, 0.2) is 0 Å². The zero-order valence-corrected chi connectivity index (χ0v) is 15.1. The molecule has 0 aliphatic carbocycles. The minimum atomic E-state index is -0.384. The molecule has 136 valence electrons. The summed E-state index contributed by atoms with van der Waals surface area (Å²) in [4.78, 5) is 24.8. The summed E-state index contributed by atoms with van der Waals surface area (Å²) in [6.07, 6.45) is 2.55. The molecule has 2 N–H and O–H groups in total. The second-order valence-electron chi connectivity index (χ2n) is 6.87. The largest absolute Gasteiger partial charge is 0.368 e. The molecule has 25 heavy (non-hydrogen) atoms. The van der Waals surface area contributed by atoms with Crippen LogP contribution in [0.2, 0.25) is 0 Å². The van der Waals surface area contributed by atoms with Crippen LogP contribution in [0.3, 0.4) is 0 Å². The number of hydrogen-bond donors (Lipinski definition) is 2. The first-order valence-corrected chi connectivity index (χ1v) is 8.93. The highest BCUT2D eigenvalue weighted by molar-refractivity contribution is 6.00. The first-order valence-electron chi connectivity index (χ1n) is 8.93. The van der Waals surface area contributed by atoms with E-state index >= 15 is 0 Å². The molecule has 0 bridgehead atoms.